The van der Waals surface area contributed by atoms with Gasteiger partial charge < -0.3 is 14.4 Å². The number of likely N-dealkylation sites (N-methyl/N-ethyl adjacent to an activating group) is 1. The van der Waals surface area contributed by atoms with Gasteiger partial charge in [-0.2, -0.15) is 0 Å². The van der Waals surface area contributed by atoms with Gasteiger partial charge in [0, 0.05) is 7.05 Å². The Kier molecular flexibility index (Phi) is 6.43. The van der Waals surface area contributed by atoms with Gasteiger partial charge in [0.25, 0.3) is 5.91 Å². The molecule has 0 aliphatic carbocycles. The minimum atomic E-state index is -0.930. The minimum Gasteiger partial charge on any atom is -0.479 e. The van der Waals surface area contributed by atoms with Gasteiger partial charge in [-0.25, -0.2) is 14.2 Å². The fourth-order valence-corrected chi connectivity index (χ4v) is 3.63. The maximum absolute atomic E-state index is 12.9. The van der Waals surface area contributed by atoms with Gasteiger partial charge in [0.2, 0.25) is 0 Å². The summed E-state index contributed by atoms with van der Waals surface area (Å²) in [7, 11) is 1.64. The number of thiazole rings is 1. The van der Waals surface area contributed by atoms with Crippen LogP contribution in [0.3, 0.4) is 0 Å². The summed E-state index contributed by atoms with van der Waals surface area (Å²) in [6.07, 6.45) is -0.930. The van der Waals surface area contributed by atoms with Gasteiger partial charge in [-0.1, -0.05) is 12.1 Å². The number of amides is 1. The summed E-state index contributed by atoms with van der Waals surface area (Å²) < 4.78 is 24.5. The first-order valence-electron chi connectivity index (χ1n) is 9.05. The summed E-state index contributed by atoms with van der Waals surface area (Å²) in [5.74, 6) is -1.09. The van der Waals surface area contributed by atoms with E-state index in [0.717, 1.165) is 15.2 Å². The standard InChI is InChI=1S/C21H21FN2O4S/c1-13(20-23-17-6-4-5-7-18(17)29-20)24(3)19(25)12-27-21(26)14(2)28-16-10-8-15(22)9-11-16/h4-11,13-14H,12H2,1-3H3/t13-,14-/m1/s1. The van der Waals surface area contributed by atoms with Crippen LogP contribution in [-0.2, 0) is 14.3 Å². The molecule has 0 unspecified atom stereocenters. The van der Waals surface area contributed by atoms with Crippen molar-refractivity contribution in [1.82, 2.24) is 9.88 Å². The molecule has 0 saturated carbocycles. The van der Waals surface area contributed by atoms with Gasteiger partial charge in [-0.15, -0.1) is 11.3 Å². The van der Waals surface area contributed by atoms with E-state index in [0.29, 0.717) is 5.75 Å². The molecule has 152 valence electrons. The minimum absolute atomic E-state index is 0.258. The van der Waals surface area contributed by atoms with E-state index in [2.05, 4.69) is 4.98 Å². The summed E-state index contributed by atoms with van der Waals surface area (Å²) in [6, 6.07) is 12.8. The van der Waals surface area contributed by atoms with Crippen molar-refractivity contribution in [3.8, 4) is 5.75 Å². The van der Waals surface area contributed by atoms with Crippen LogP contribution in [0.25, 0.3) is 10.2 Å². The van der Waals surface area contributed by atoms with E-state index in [1.54, 1.807) is 7.05 Å². The van der Waals surface area contributed by atoms with Crippen molar-refractivity contribution in [2.45, 2.75) is 26.0 Å². The van der Waals surface area contributed by atoms with E-state index in [4.69, 9.17) is 9.47 Å². The van der Waals surface area contributed by atoms with Crippen LogP contribution in [0.5, 0.6) is 5.75 Å². The molecule has 0 fully saturated rings. The molecular formula is C21H21FN2O4S. The van der Waals surface area contributed by atoms with Gasteiger partial charge in [0.15, 0.2) is 12.7 Å². The Balaban J connectivity index is 1.53. The summed E-state index contributed by atoms with van der Waals surface area (Å²) >= 11 is 1.52. The van der Waals surface area contributed by atoms with Crippen molar-refractivity contribution >= 4 is 33.4 Å². The Morgan fingerprint density at radius 2 is 1.83 bits per heavy atom. The maximum atomic E-state index is 12.9. The average Bonchev–Trinajstić information content (AvgIpc) is 3.16. The Labute approximate surface area is 171 Å². The highest BCUT2D eigenvalue weighted by Gasteiger charge is 2.23. The van der Waals surface area contributed by atoms with E-state index in [1.807, 2.05) is 31.2 Å². The summed E-state index contributed by atoms with van der Waals surface area (Å²) in [6.45, 7) is 2.98. The van der Waals surface area contributed by atoms with Crippen LogP contribution in [-0.4, -0.2) is 41.5 Å². The molecule has 0 saturated heterocycles. The molecule has 6 nitrogen and oxygen atoms in total. The second-order valence-electron chi connectivity index (χ2n) is 6.52. The molecule has 0 radical (unpaired) electrons. The van der Waals surface area contributed by atoms with Crippen molar-refractivity contribution in [3.05, 3.63) is 59.4 Å². The topological polar surface area (TPSA) is 68.7 Å². The Hall–Kier alpha value is -3.00. The molecule has 0 bridgehead atoms. The molecule has 3 aromatic rings. The second kappa shape index (κ2) is 9.00. The number of esters is 1. The molecule has 0 aliphatic heterocycles. The first kappa shape index (κ1) is 20.7. The largest absolute Gasteiger partial charge is 0.479 e. The van der Waals surface area contributed by atoms with Crippen molar-refractivity contribution in [3.63, 3.8) is 0 Å². The molecule has 8 heteroatoms. The molecule has 0 spiro atoms. The number of rotatable bonds is 7. The number of hydrogen-bond acceptors (Lipinski definition) is 6. The molecule has 1 aromatic heterocycles. The second-order valence-corrected chi connectivity index (χ2v) is 7.58. The van der Waals surface area contributed by atoms with Gasteiger partial charge in [0.05, 0.1) is 16.3 Å². The lowest BCUT2D eigenvalue weighted by atomic mass is 10.3. The lowest BCUT2D eigenvalue weighted by Gasteiger charge is -2.23. The normalized spacial score (nSPS) is 13.0. The van der Waals surface area contributed by atoms with Crippen molar-refractivity contribution in [2.75, 3.05) is 13.7 Å². The van der Waals surface area contributed by atoms with Gasteiger partial charge in [0.1, 0.15) is 16.6 Å². The Morgan fingerprint density at radius 3 is 2.52 bits per heavy atom. The molecule has 2 aromatic carbocycles. The smallest absolute Gasteiger partial charge is 0.347 e. The van der Waals surface area contributed by atoms with E-state index in [1.165, 1.54) is 47.4 Å². The SMILES string of the molecule is C[C@H](c1nc2ccccc2s1)N(C)C(=O)COC(=O)[C@@H](C)Oc1ccc(F)cc1. The number of ether oxygens (including phenoxy) is 2. The van der Waals surface area contributed by atoms with Gasteiger partial charge in [-0.3, -0.25) is 4.79 Å². The van der Waals surface area contributed by atoms with E-state index >= 15 is 0 Å². The van der Waals surface area contributed by atoms with Gasteiger partial charge >= 0.3 is 5.97 Å². The van der Waals surface area contributed by atoms with E-state index < -0.39 is 24.5 Å². The molecule has 3 rings (SSSR count). The lowest BCUT2D eigenvalue weighted by molar-refractivity contribution is -0.157. The highest BCUT2D eigenvalue weighted by molar-refractivity contribution is 7.18. The Morgan fingerprint density at radius 1 is 1.14 bits per heavy atom. The van der Waals surface area contributed by atoms with Crippen molar-refractivity contribution < 1.29 is 23.5 Å². The molecule has 2 atom stereocenters. The number of para-hydroxylation sites is 1. The third-order valence-corrected chi connectivity index (χ3v) is 5.65. The molecular weight excluding hydrogens is 395 g/mol. The van der Waals surface area contributed by atoms with E-state index in [9.17, 15) is 14.0 Å². The third-order valence-electron chi connectivity index (χ3n) is 4.44. The van der Waals surface area contributed by atoms with Crippen LogP contribution in [0.4, 0.5) is 4.39 Å². The maximum Gasteiger partial charge on any atom is 0.347 e. The third kappa shape index (κ3) is 5.08. The number of aromatic nitrogens is 1. The fourth-order valence-electron chi connectivity index (χ4n) is 2.57. The Bertz CT molecular complexity index is 972. The average molecular weight is 416 g/mol. The highest BCUT2D eigenvalue weighted by Crippen LogP contribution is 2.28. The zero-order valence-electron chi connectivity index (χ0n) is 16.3. The molecule has 1 heterocycles. The number of carbonyl (C=O) groups is 2. The number of halogens is 1. The number of hydrogen-bond donors (Lipinski definition) is 0. The van der Waals surface area contributed by atoms with E-state index in [-0.39, 0.29) is 11.9 Å². The zero-order valence-corrected chi connectivity index (χ0v) is 17.1. The van der Waals surface area contributed by atoms with Gasteiger partial charge in [-0.05, 0) is 50.2 Å². The zero-order chi connectivity index (χ0) is 21.0. The predicted octanol–water partition coefficient (Wildman–Crippen LogP) is 3.97. The van der Waals surface area contributed by atoms with Crippen LogP contribution in [0.15, 0.2) is 48.5 Å². The van der Waals surface area contributed by atoms with Crippen LogP contribution in [0.2, 0.25) is 0 Å². The van der Waals surface area contributed by atoms with Crippen LogP contribution >= 0.6 is 11.3 Å². The van der Waals surface area contributed by atoms with Crippen molar-refractivity contribution in [2.24, 2.45) is 0 Å². The monoisotopic (exact) mass is 416 g/mol. The van der Waals surface area contributed by atoms with Crippen molar-refractivity contribution in [1.29, 1.82) is 0 Å². The number of carbonyl (C=O) groups excluding carboxylic acids is 2. The first-order valence-corrected chi connectivity index (χ1v) is 9.87. The van der Waals surface area contributed by atoms with Crippen LogP contribution in [0, 0.1) is 5.82 Å². The molecule has 29 heavy (non-hydrogen) atoms. The molecule has 1 amide bonds. The van der Waals surface area contributed by atoms with Crippen LogP contribution in [0.1, 0.15) is 24.9 Å². The summed E-state index contributed by atoms with van der Waals surface area (Å²) in [4.78, 5) is 30.6. The van der Waals surface area contributed by atoms with Crippen LogP contribution < -0.4 is 4.74 Å². The predicted molar refractivity (Wildman–Crippen MR) is 108 cm³/mol. The quantitative estimate of drug-likeness (QED) is 0.545. The number of nitrogens with zero attached hydrogens (tertiary/aromatic N) is 2. The summed E-state index contributed by atoms with van der Waals surface area (Å²) in [5.41, 5.74) is 0.887. The lowest BCUT2D eigenvalue weighted by Crippen LogP contribution is -2.35. The molecule has 0 N–H and O–H groups in total. The first-order chi connectivity index (χ1) is 13.8. The summed E-state index contributed by atoms with van der Waals surface area (Å²) in [5, 5.41) is 0.807. The number of benzene rings is 2. The number of fused-ring (bicyclic) bond motifs is 1. The highest BCUT2D eigenvalue weighted by atomic mass is 32.1. The molecule has 0 aliphatic rings. The fraction of sp³-hybridized carbons (Fsp3) is 0.286.